The van der Waals surface area contributed by atoms with Gasteiger partial charge in [-0.3, -0.25) is 4.79 Å². The molecule has 3 rings (SSSR count). The lowest BCUT2D eigenvalue weighted by molar-refractivity contribution is -0.121. The van der Waals surface area contributed by atoms with E-state index in [1.165, 1.54) is 0 Å². The van der Waals surface area contributed by atoms with Crippen molar-refractivity contribution in [2.75, 3.05) is 13.7 Å². The number of rotatable bonds is 8. The number of aryl methyl sites for hydroxylation is 1. The van der Waals surface area contributed by atoms with Crippen LogP contribution in [0.25, 0.3) is 11.2 Å². The Morgan fingerprint density at radius 1 is 1.27 bits per heavy atom. The highest BCUT2D eigenvalue weighted by atomic mass is 35.5. The van der Waals surface area contributed by atoms with Crippen LogP contribution < -0.4 is 5.32 Å². The fraction of sp³-hybridized carbons (Fsp3) is 0.316. The quantitative estimate of drug-likeness (QED) is 0.660. The number of amides is 1. The first-order valence-corrected chi connectivity index (χ1v) is 8.85. The molecule has 136 valence electrons. The summed E-state index contributed by atoms with van der Waals surface area (Å²) in [5.74, 6) is 0.829. The first-order chi connectivity index (χ1) is 12.7. The molecule has 0 aliphatic carbocycles. The maximum Gasteiger partial charge on any atom is 0.220 e. The van der Waals surface area contributed by atoms with Crippen molar-refractivity contribution in [1.29, 1.82) is 0 Å². The number of pyridine rings is 1. The first kappa shape index (κ1) is 18.4. The van der Waals surface area contributed by atoms with Gasteiger partial charge in [-0.05, 0) is 29.8 Å². The van der Waals surface area contributed by atoms with Crippen LogP contribution in [-0.2, 0) is 29.0 Å². The van der Waals surface area contributed by atoms with E-state index in [0.717, 1.165) is 22.6 Å². The summed E-state index contributed by atoms with van der Waals surface area (Å²) in [5, 5.41) is 3.61. The predicted octanol–water partition coefficient (Wildman–Crippen LogP) is 2.98. The minimum absolute atomic E-state index is 0.0155. The zero-order valence-electron chi connectivity index (χ0n) is 14.6. The predicted molar refractivity (Wildman–Crippen MR) is 101 cm³/mol. The fourth-order valence-electron chi connectivity index (χ4n) is 2.73. The molecule has 0 spiro atoms. The van der Waals surface area contributed by atoms with Gasteiger partial charge < -0.3 is 14.6 Å². The van der Waals surface area contributed by atoms with E-state index in [2.05, 4.69) is 15.3 Å². The summed E-state index contributed by atoms with van der Waals surface area (Å²) >= 11 is 5.87. The number of fused-ring (bicyclic) bond motifs is 1. The van der Waals surface area contributed by atoms with E-state index >= 15 is 0 Å². The molecule has 0 bridgehead atoms. The molecule has 2 aromatic heterocycles. The van der Waals surface area contributed by atoms with Crippen molar-refractivity contribution in [3.63, 3.8) is 0 Å². The van der Waals surface area contributed by atoms with Crippen LogP contribution in [0, 0.1) is 0 Å². The topological polar surface area (TPSA) is 69.0 Å². The molecular formula is C19H21ClN4O2. The number of aromatic nitrogens is 3. The van der Waals surface area contributed by atoms with Gasteiger partial charge in [-0.15, -0.1) is 0 Å². The lowest BCUT2D eigenvalue weighted by Gasteiger charge is -2.08. The molecule has 0 aliphatic rings. The van der Waals surface area contributed by atoms with E-state index in [0.29, 0.717) is 37.6 Å². The molecule has 6 nitrogen and oxygen atoms in total. The van der Waals surface area contributed by atoms with Crippen LogP contribution in [-0.4, -0.2) is 34.2 Å². The summed E-state index contributed by atoms with van der Waals surface area (Å²) in [6.45, 7) is 1.71. The molecule has 0 saturated carbocycles. The van der Waals surface area contributed by atoms with E-state index in [9.17, 15) is 4.79 Å². The van der Waals surface area contributed by atoms with E-state index in [1.54, 1.807) is 13.3 Å². The molecule has 0 radical (unpaired) electrons. The molecular weight excluding hydrogens is 352 g/mol. The van der Waals surface area contributed by atoms with Gasteiger partial charge in [0.25, 0.3) is 0 Å². The minimum Gasteiger partial charge on any atom is -0.383 e. The van der Waals surface area contributed by atoms with Crippen LogP contribution in [0.15, 0.2) is 42.6 Å². The van der Waals surface area contributed by atoms with Crippen LogP contribution in [0.4, 0.5) is 0 Å². The summed E-state index contributed by atoms with van der Waals surface area (Å²) in [5.41, 5.74) is 2.67. The number of hydrogen-bond donors (Lipinski definition) is 1. The number of imidazole rings is 1. The van der Waals surface area contributed by atoms with Gasteiger partial charge in [0.2, 0.25) is 5.91 Å². The van der Waals surface area contributed by atoms with E-state index in [1.807, 2.05) is 41.0 Å². The SMILES string of the molecule is COCCn1c(CCC(=O)NCc2ccc(Cl)cc2)nc2cccnc21. The number of methoxy groups -OCH3 is 1. The van der Waals surface area contributed by atoms with Crippen molar-refractivity contribution < 1.29 is 9.53 Å². The zero-order chi connectivity index (χ0) is 18.4. The average Bonchev–Trinajstić information content (AvgIpc) is 3.01. The largest absolute Gasteiger partial charge is 0.383 e. The van der Waals surface area contributed by atoms with Gasteiger partial charge in [-0.1, -0.05) is 23.7 Å². The van der Waals surface area contributed by atoms with Gasteiger partial charge in [-0.25, -0.2) is 9.97 Å². The fourth-order valence-corrected chi connectivity index (χ4v) is 2.86. The Morgan fingerprint density at radius 2 is 2.08 bits per heavy atom. The van der Waals surface area contributed by atoms with Crippen molar-refractivity contribution >= 4 is 28.7 Å². The third-order valence-corrected chi connectivity index (χ3v) is 4.33. The Bertz CT molecular complexity index is 877. The third-order valence-electron chi connectivity index (χ3n) is 4.08. The molecule has 0 unspecified atom stereocenters. The number of nitrogens with one attached hydrogen (secondary N) is 1. The molecule has 2 heterocycles. The van der Waals surface area contributed by atoms with Crippen molar-refractivity contribution in [3.8, 4) is 0 Å². The standard InChI is InChI=1S/C19H21ClN4O2/c1-26-12-11-24-17(23-16-3-2-10-21-19(16)24)8-9-18(25)22-13-14-4-6-15(20)7-5-14/h2-7,10H,8-9,11-13H2,1H3,(H,22,25). The number of halogens is 1. The molecule has 1 amide bonds. The number of hydrogen-bond acceptors (Lipinski definition) is 4. The van der Waals surface area contributed by atoms with Crippen LogP contribution in [0.1, 0.15) is 17.8 Å². The van der Waals surface area contributed by atoms with Gasteiger partial charge in [0, 0.05) is 44.3 Å². The highest BCUT2D eigenvalue weighted by Gasteiger charge is 2.13. The van der Waals surface area contributed by atoms with Crippen LogP contribution in [0.2, 0.25) is 5.02 Å². The van der Waals surface area contributed by atoms with Crippen molar-refractivity contribution in [2.24, 2.45) is 0 Å². The molecule has 0 atom stereocenters. The van der Waals surface area contributed by atoms with E-state index in [4.69, 9.17) is 16.3 Å². The smallest absolute Gasteiger partial charge is 0.220 e. The average molecular weight is 373 g/mol. The molecule has 1 aromatic carbocycles. The second kappa shape index (κ2) is 8.78. The van der Waals surface area contributed by atoms with Crippen LogP contribution >= 0.6 is 11.6 Å². The Balaban J connectivity index is 1.61. The summed E-state index contributed by atoms with van der Waals surface area (Å²) in [7, 11) is 1.66. The molecule has 3 aromatic rings. The molecule has 26 heavy (non-hydrogen) atoms. The maximum atomic E-state index is 12.2. The lowest BCUT2D eigenvalue weighted by Crippen LogP contribution is -2.23. The van der Waals surface area contributed by atoms with Gasteiger partial charge in [0.05, 0.1) is 6.61 Å². The van der Waals surface area contributed by atoms with Crippen molar-refractivity contribution in [1.82, 2.24) is 19.9 Å². The minimum atomic E-state index is -0.0155. The first-order valence-electron chi connectivity index (χ1n) is 8.47. The molecule has 0 fully saturated rings. The summed E-state index contributed by atoms with van der Waals surface area (Å²) in [6.07, 6.45) is 2.66. The number of carbonyl (C=O) groups excluding carboxylic acids is 1. The zero-order valence-corrected chi connectivity index (χ0v) is 15.4. The highest BCUT2D eigenvalue weighted by molar-refractivity contribution is 6.30. The van der Waals surface area contributed by atoms with Crippen LogP contribution in [0.3, 0.4) is 0 Å². The van der Waals surface area contributed by atoms with Crippen molar-refractivity contribution in [3.05, 3.63) is 59.0 Å². The Kier molecular flexibility index (Phi) is 6.20. The van der Waals surface area contributed by atoms with E-state index < -0.39 is 0 Å². The highest BCUT2D eigenvalue weighted by Crippen LogP contribution is 2.15. The number of nitrogens with zero attached hydrogens (tertiary/aromatic N) is 3. The van der Waals surface area contributed by atoms with E-state index in [-0.39, 0.29) is 5.91 Å². The third kappa shape index (κ3) is 4.59. The second-order valence-electron chi connectivity index (χ2n) is 5.92. The monoisotopic (exact) mass is 372 g/mol. The molecule has 0 saturated heterocycles. The second-order valence-corrected chi connectivity index (χ2v) is 6.36. The van der Waals surface area contributed by atoms with Gasteiger partial charge in [0.1, 0.15) is 11.3 Å². The van der Waals surface area contributed by atoms with Crippen molar-refractivity contribution in [2.45, 2.75) is 25.9 Å². The van der Waals surface area contributed by atoms with Crippen LogP contribution in [0.5, 0.6) is 0 Å². The Hall–Kier alpha value is -2.44. The number of ether oxygens (including phenoxy) is 1. The summed E-state index contributed by atoms with van der Waals surface area (Å²) in [4.78, 5) is 21.2. The maximum absolute atomic E-state index is 12.2. The summed E-state index contributed by atoms with van der Waals surface area (Å²) < 4.78 is 7.19. The number of benzene rings is 1. The number of carbonyl (C=O) groups is 1. The Morgan fingerprint density at radius 3 is 2.85 bits per heavy atom. The normalized spacial score (nSPS) is 11.0. The van der Waals surface area contributed by atoms with Gasteiger partial charge in [0.15, 0.2) is 5.65 Å². The van der Waals surface area contributed by atoms with Gasteiger partial charge >= 0.3 is 0 Å². The molecule has 0 aliphatic heterocycles. The molecule has 7 heteroatoms. The summed E-state index contributed by atoms with van der Waals surface area (Å²) in [6, 6.07) is 11.2. The lowest BCUT2D eigenvalue weighted by atomic mass is 10.2. The van der Waals surface area contributed by atoms with Gasteiger partial charge in [-0.2, -0.15) is 0 Å². The molecule has 1 N–H and O–H groups in total. The Labute approximate surface area is 157 Å².